The Hall–Kier alpha value is -5.72. The van der Waals surface area contributed by atoms with E-state index >= 15 is 0 Å². The summed E-state index contributed by atoms with van der Waals surface area (Å²) in [6, 6.07) is 52.0. The molecule has 1 unspecified atom stereocenters. The summed E-state index contributed by atoms with van der Waals surface area (Å²) < 4.78 is 5.62. The Morgan fingerprint density at radius 1 is 0.520 bits per heavy atom. The second-order valence-corrected chi connectivity index (χ2v) is 12.3. The van der Waals surface area contributed by atoms with Crippen molar-refractivity contribution in [3.05, 3.63) is 162 Å². The third-order valence-corrected chi connectivity index (χ3v) is 8.92. The second kappa shape index (κ2) is 17.1. The van der Waals surface area contributed by atoms with Gasteiger partial charge in [-0.2, -0.15) is 0 Å². The van der Waals surface area contributed by atoms with E-state index in [9.17, 15) is 0 Å². The number of hydrogen-bond acceptors (Lipinski definition) is 3. The Bertz CT molecular complexity index is 1950. The zero-order chi connectivity index (χ0) is 33.5. The fourth-order valence-corrected chi connectivity index (χ4v) is 5.89. The van der Waals surface area contributed by atoms with Crippen LogP contribution in [0.15, 0.2) is 146 Å². The van der Waals surface area contributed by atoms with Gasteiger partial charge in [0.25, 0.3) is 0 Å². The first-order valence-electron chi connectivity index (χ1n) is 16.6. The first kappa shape index (κ1) is 37.1. The first-order chi connectivity index (χ1) is 23.4. The van der Waals surface area contributed by atoms with Crippen molar-refractivity contribution in [1.29, 1.82) is 0 Å². The lowest BCUT2D eigenvalue weighted by Crippen LogP contribution is -2.10. The predicted molar refractivity (Wildman–Crippen MR) is 217 cm³/mol. The van der Waals surface area contributed by atoms with Crippen molar-refractivity contribution >= 4 is 34.1 Å². The van der Waals surface area contributed by atoms with Crippen molar-refractivity contribution in [3.8, 4) is 29.2 Å². The number of benzene rings is 6. The van der Waals surface area contributed by atoms with Crippen molar-refractivity contribution in [2.45, 2.75) is 54.9 Å². The molecule has 0 saturated carbocycles. The molecule has 6 rings (SSSR count). The molecule has 0 amide bonds. The van der Waals surface area contributed by atoms with Crippen LogP contribution < -0.4 is 14.5 Å². The summed E-state index contributed by atoms with van der Waals surface area (Å²) in [5.74, 6) is 3.82. The largest absolute Gasteiger partial charge is 0.481 e. The van der Waals surface area contributed by atoms with E-state index in [4.69, 9.17) is 11.2 Å². The standard InChI is InChI=1S/C45H42N2O.2CH4/c1-6-32-48-45-30-28-44(29-31-45)47(40-20-10-34(4)11-21-40)43-26-16-38(17-27-43)37-14-24-42(25-15-37)46(39-18-8-33(3)9-19-39)41-22-12-36(13-23-41)35(5)7-2;;/h1,8-31,35H,7,32H2,2-5H3;2*1H4. The minimum absolute atomic E-state index is 0. The van der Waals surface area contributed by atoms with E-state index in [0.717, 1.165) is 57.4 Å². The number of nitrogens with zero attached hydrogens (tertiary/aromatic N) is 2. The minimum Gasteiger partial charge on any atom is -0.481 e. The van der Waals surface area contributed by atoms with Gasteiger partial charge in [-0.05, 0) is 128 Å². The van der Waals surface area contributed by atoms with Crippen LogP contribution >= 0.6 is 0 Å². The fourth-order valence-electron chi connectivity index (χ4n) is 5.89. The van der Waals surface area contributed by atoms with Gasteiger partial charge in [-0.3, -0.25) is 0 Å². The zero-order valence-corrected chi connectivity index (χ0v) is 28.2. The van der Waals surface area contributed by atoms with E-state index in [-0.39, 0.29) is 21.5 Å². The van der Waals surface area contributed by atoms with Crippen LogP contribution in [0.4, 0.5) is 34.1 Å². The Kier molecular flexibility index (Phi) is 12.7. The van der Waals surface area contributed by atoms with Crippen LogP contribution in [0.5, 0.6) is 5.75 Å². The van der Waals surface area contributed by atoms with Gasteiger partial charge in [-0.25, -0.2) is 0 Å². The van der Waals surface area contributed by atoms with Crippen LogP contribution in [0, 0.1) is 26.2 Å². The zero-order valence-electron chi connectivity index (χ0n) is 28.2. The molecule has 0 heterocycles. The van der Waals surface area contributed by atoms with Crippen LogP contribution in [0.3, 0.4) is 0 Å². The van der Waals surface area contributed by atoms with Gasteiger partial charge in [0.05, 0.1) is 0 Å². The quantitative estimate of drug-likeness (QED) is 0.129. The summed E-state index contributed by atoms with van der Waals surface area (Å²) in [5.41, 5.74) is 12.8. The van der Waals surface area contributed by atoms with Crippen LogP contribution in [0.25, 0.3) is 11.1 Å². The van der Waals surface area contributed by atoms with Crippen LogP contribution in [0.2, 0.25) is 0 Å². The van der Waals surface area contributed by atoms with Gasteiger partial charge < -0.3 is 14.5 Å². The molecule has 0 fully saturated rings. The molecule has 3 nitrogen and oxygen atoms in total. The molecule has 254 valence electrons. The summed E-state index contributed by atoms with van der Waals surface area (Å²) in [7, 11) is 0. The first-order valence-corrected chi connectivity index (χ1v) is 16.6. The number of anilines is 6. The second-order valence-electron chi connectivity index (χ2n) is 12.3. The molecule has 0 bridgehead atoms. The molecule has 0 aliphatic rings. The Labute approximate surface area is 300 Å². The molecule has 6 aromatic rings. The van der Waals surface area contributed by atoms with Gasteiger partial charge in [0, 0.05) is 34.1 Å². The molecule has 0 aliphatic carbocycles. The monoisotopic (exact) mass is 658 g/mol. The highest BCUT2D eigenvalue weighted by atomic mass is 16.5. The highest BCUT2D eigenvalue weighted by Crippen LogP contribution is 2.39. The van der Waals surface area contributed by atoms with E-state index in [1.165, 1.54) is 16.7 Å². The highest BCUT2D eigenvalue weighted by molar-refractivity contribution is 5.81. The molecule has 50 heavy (non-hydrogen) atoms. The average Bonchev–Trinajstić information content (AvgIpc) is 3.13. The molecule has 0 radical (unpaired) electrons. The van der Waals surface area contributed by atoms with Crippen molar-refractivity contribution in [2.75, 3.05) is 16.4 Å². The van der Waals surface area contributed by atoms with Crippen LogP contribution in [-0.4, -0.2) is 6.61 Å². The Morgan fingerprint density at radius 3 is 1.18 bits per heavy atom. The van der Waals surface area contributed by atoms with Gasteiger partial charge in [0.2, 0.25) is 0 Å². The summed E-state index contributed by atoms with van der Waals surface area (Å²) in [6.07, 6.45) is 6.51. The molecule has 0 N–H and O–H groups in total. The maximum absolute atomic E-state index is 5.62. The smallest absolute Gasteiger partial charge is 0.148 e. The predicted octanol–water partition coefficient (Wildman–Crippen LogP) is 13.7. The number of aryl methyl sites for hydroxylation is 2. The lowest BCUT2D eigenvalue weighted by molar-refractivity contribution is 0.370. The van der Waals surface area contributed by atoms with Gasteiger partial charge in [-0.1, -0.05) is 106 Å². The maximum atomic E-state index is 5.62. The SMILES string of the molecule is C.C.C#CCOc1ccc(N(c2ccc(C)cc2)c2ccc(-c3ccc(N(c4ccc(C)cc4)c4ccc(C(C)CC)cc4)cc3)cc2)cc1. The molecule has 1 atom stereocenters. The topological polar surface area (TPSA) is 15.7 Å². The van der Waals surface area contributed by atoms with E-state index < -0.39 is 0 Å². The molecule has 0 saturated heterocycles. The lowest BCUT2D eigenvalue weighted by Gasteiger charge is -2.27. The van der Waals surface area contributed by atoms with Crippen molar-refractivity contribution in [2.24, 2.45) is 0 Å². The van der Waals surface area contributed by atoms with E-state index in [2.05, 4.69) is 177 Å². The molecular weight excluding hydrogens is 609 g/mol. The van der Waals surface area contributed by atoms with Crippen molar-refractivity contribution in [3.63, 3.8) is 0 Å². The molecule has 0 aliphatic heterocycles. The summed E-state index contributed by atoms with van der Waals surface area (Å²) >= 11 is 0. The van der Waals surface area contributed by atoms with Crippen LogP contribution in [-0.2, 0) is 0 Å². The third-order valence-electron chi connectivity index (χ3n) is 8.92. The van der Waals surface area contributed by atoms with E-state index in [0.29, 0.717) is 5.92 Å². The molecular formula is C47H50N2O. The highest BCUT2D eigenvalue weighted by Gasteiger charge is 2.15. The molecule has 0 aromatic heterocycles. The minimum atomic E-state index is 0. The summed E-state index contributed by atoms with van der Waals surface area (Å²) in [4.78, 5) is 4.58. The fraction of sp³-hybridized carbons (Fsp3) is 0.191. The number of rotatable bonds is 11. The normalized spacial score (nSPS) is 10.9. The summed E-state index contributed by atoms with van der Waals surface area (Å²) in [6.45, 7) is 9.01. The van der Waals surface area contributed by atoms with Gasteiger partial charge in [-0.15, -0.1) is 6.42 Å². The third kappa shape index (κ3) is 8.46. The Balaban J connectivity index is 0.00000281. The van der Waals surface area contributed by atoms with Crippen LogP contribution in [0.1, 0.15) is 57.7 Å². The average molecular weight is 659 g/mol. The lowest BCUT2D eigenvalue weighted by atomic mass is 9.98. The van der Waals surface area contributed by atoms with Crippen molar-refractivity contribution < 1.29 is 4.74 Å². The summed E-state index contributed by atoms with van der Waals surface area (Å²) in [5, 5.41) is 0. The maximum Gasteiger partial charge on any atom is 0.148 e. The van der Waals surface area contributed by atoms with Gasteiger partial charge >= 0.3 is 0 Å². The number of hydrogen-bond donors (Lipinski definition) is 0. The van der Waals surface area contributed by atoms with E-state index in [1.54, 1.807) is 0 Å². The number of ether oxygens (including phenoxy) is 1. The Morgan fingerprint density at radius 2 is 0.840 bits per heavy atom. The molecule has 0 spiro atoms. The van der Waals surface area contributed by atoms with Crippen molar-refractivity contribution in [1.82, 2.24) is 0 Å². The molecule has 3 heteroatoms. The van der Waals surface area contributed by atoms with E-state index in [1.807, 2.05) is 12.1 Å². The molecule has 6 aromatic carbocycles. The van der Waals surface area contributed by atoms with Gasteiger partial charge in [0.15, 0.2) is 0 Å². The number of terminal acetylenes is 1. The van der Waals surface area contributed by atoms with Gasteiger partial charge in [0.1, 0.15) is 12.4 Å².